The standard InChI is InChI=1S/C12H16N2O3S/c15-14(16)12-4-2-1-3-11(12)5-6-18(17)9-10-7-13-8-10/h1-4,10,13H,5-9H2. The normalized spacial score (nSPS) is 17.1. The molecule has 0 bridgehead atoms. The van der Waals surface area contributed by atoms with Crippen LogP contribution in [0.3, 0.4) is 0 Å². The van der Waals surface area contributed by atoms with Crippen molar-refractivity contribution in [3.05, 3.63) is 39.9 Å². The van der Waals surface area contributed by atoms with Crippen LogP contribution < -0.4 is 5.32 Å². The minimum Gasteiger partial charge on any atom is -0.316 e. The summed E-state index contributed by atoms with van der Waals surface area (Å²) >= 11 is 0. The van der Waals surface area contributed by atoms with Gasteiger partial charge >= 0.3 is 0 Å². The van der Waals surface area contributed by atoms with Gasteiger partial charge in [-0.1, -0.05) is 18.2 Å². The summed E-state index contributed by atoms with van der Waals surface area (Å²) in [5.41, 5.74) is 0.794. The molecule has 0 aromatic heterocycles. The number of aryl methyl sites for hydroxylation is 1. The average Bonchev–Trinajstić information content (AvgIpc) is 2.31. The lowest BCUT2D eigenvalue weighted by Gasteiger charge is -2.26. The summed E-state index contributed by atoms with van der Waals surface area (Å²) in [6, 6.07) is 6.66. The van der Waals surface area contributed by atoms with E-state index in [-0.39, 0.29) is 10.6 Å². The second kappa shape index (κ2) is 6.06. The molecule has 1 N–H and O–H groups in total. The van der Waals surface area contributed by atoms with E-state index in [1.54, 1.807) is 18.2 Å². The highest BCUT2D eigenvalue weighted by atomic mass is 32.2. The van der Waals surface area contributed by atoms with Crippen LogP contribution in [0.1, 0.15) is 5.56 Å². The van der Waals surface area contributed by atoms with Crippen molar-refractivity contribution in [2.24, 2.45) is 5.92 Å². The third-order valence-corrected chi connectivity index (χ3v) is 4.58. The van der Waals surface area contributed by atoms with Gasteiger partial charge in [-0.3, -0.25) is 14.3 Å². The summed E-state index contributed by atoms with van der Waals surface area (Å²) in [4.78, 5) is 10.4. The molecular formula is C12H16N2O3S. The molecule has 1 aromatic carbocycles. The van der Waals surface area contributed by atoms with Crippen molar-refractivity contribution in [3.8, 4) is 0 Å². The van der Waals surface area contributed by atoms with Gasteiger partial charge in [-0.25, -0.2) is 0 Å². The summed E-state index contributed by atoms with van der Waals surface area (Å²) < 4.78 is 11.8. The van der Waals surface area contributed by atoms with Crippen LogP contribution in [-0.2, 0) is 17.2 Å². The summed E-state index contributed by atoms with van der Waals surface area (Å²) in [5, 5.41) is 14.0. The molecule has 5 nitrogen and oxygen atoms in total. The molecule has 1 unspecified atom stereocenters. The Balaban J connectivity index is 1.89. The zero-order valence-electron chi connectivity index (χ0n) is 10.0. The van der Waals surface area contributed by atoms with Crippen molar-refractivity contribution < 1.29 is 9.13 Å². The molecular weight excluding hydrogens is 252 g/mol. The predicted octanol–water partition coefficient (Wildman–Crippen LogP) is 1.11. The van der Waals surface area contributed by atoms with Crippen molar-refractivity contribution >= 4 is 16.5 Å². The van der Waals surface area contributed by atoms with Gasteiger partial charge in [-0.15, -0.1) is 0 Å². The molecule has 1 aliphatic heterocycles. The van der Waals surface area contributed by atoms with Gasteiger partial charge in [-0.2, -0.15) is 0 Å². The Morgan fingerprint density at radius 3 is 2.72 bits per heavy atom. The lowest BCUT2D eigenvalue weighted by atomic mass is 10.1. The minimum absolute atomic E-state index is 0.125. The van der Waals surface area contributed by atoms with Crippen LogP contribution in [0.15, 0.2) is 24.3 Å². The smallest absolute Gasteiger partial charge is 0.272 e. The molecule has 1 aromatic rings. The molecule has 1 fully saturated rings. The van der Waals surface area contributed by atoms with E-state index in [9.17, 15) is 14.3 Å². The van der Waals surface area contributed by atoms with Crippen LogP contribution in [0.2, 0.25) is 0 Å². The number of hydrogen-bond donors (Lipinski definition) is 1. The molecule has 0 radical (unpaired) electrons. The Bertz CT molecular complexity index is 460. The topological polar surface area (TPSA) is 72.2 Å². The molecule has 1 saturated heterocycles. The molecule has 0 saturated carbocycles. The molecule has 18 heavy (non-hydrogen) atoms. The lowest BCUT2D eigenvalue weighted by Crippen LogP contribution is -2.45. The Morgan fingerprint density at radius 2 is 2.11 bits per heavy atom. The number of nitro groups is 1. The number of para-hydroxylation sites is 1. The molecule has 0 spiro atoms. The van der Waals surface area contributed by atoms with Crippen LogP contribution in [0.25, 0.3) is 0 Å². The highest BCUT2D eigenvalue weighted by Crippen LogP contribution is 2.18. The minimum atomic E-state index is -0.883. The van der Waals surface area contributed by atoms with E-state index in [2.05, 4.69) is 5.32 Å². The third-order valence-electron chi connectivity index (χ3n) is 3.08. The van der Waals surface area contributed by atoms with E-state index in [1.807, 2.05) is 0 Å². The Kier molecular flexibility index (Phi) is 4.43. The van der Waals surface area contributed by atoms with Gasteiger partial charge in [0.15, 0.2) is 0 Å². The van der Waals surface area contributed by atoms with Crippen molar-refractivity contribution in [3.63, 3.8) is 0 Å². The van der Waals surface area contributed by atoms with Crippen molar-refractivity contribution in [2.45, 2.75) is 6.42 Å². The van der Waals surface area contributed by atoms with Crippen LogP contribution in [-0.4, -0.2) is 33.7 Å². The zero-order chi connectivity index (χ0) is 13.0. The summed E-state index contributed by atoms with van der Waals surface area (Å²) in [6.45, 7) is 1.88. The largest absolute Gasteiger partial charge is 0.316 e. The Hall–Kier alpha value is -1.27. The van der Waals surface area contributed by atoms with Crippen molar-refractivity contribution in [2.75, 3.05) is 24.6 Å². The number of rotatable bonds is 6. The van der Waals surface area contributed by atoms with Gasteiger partial charge in [0.1, 0.15) is 0 Å². The van der Waals surface area contributed by atoms with Gasteiger partial charge in [0.05, 0.1) is 4.92 Å². The van der Waals surface area contributed by atoms with Crippen molar-refractivity contribution in [1.82, 2.24) is 5.32 Å². The monoisotopic (exact) mass is 268 g/mol. The number of nitro benzene ring substituents is 1. The molecule has 98 valence electrons. The fraction of sp³-hybridized carbons (Fsp3) is 0.500. The summed E-state index contributed by atoms with van der Waals surface area (Å²) in [6.07, 6.45) is 0.504. The first-order valence-corrected chi connectivity index (χ1v) is 7.43. The molecule has 1 aliphatic rings. The maximum atomic E-state index is 11.8. The fourth-order valence-electron chi connectivity index (χ4n) is 1.94. The molecule has 6 heteroatoms. The first-order valence-electron chi connectivity index (χ1n) is 5.95. The second-order valence-electron chi connectivity index (χ2n) is 4.47. The predicted molar refractivity (Wildman–Crippen MR) is 71.0 cm³/mol. The molecule has 1 atom stereocenters. The van der Waals surface area contributed by atoms with E-state index >= 15 is 0 Å². The van der Waals surface area contributed by atoms with E-state index in [0.29, 0.717) is 29.4 Å². The number of nitrogens with one attached hydrogen (secondary N) is 1. The van der Waals surface area contributed by atoms with Gasteiger partial charge in [-0.05, 0) is 12.3 Å². The fourth-order valence-corrected chi connectivity index (χ4v) is 3.31. The molecule has 0 aliphatic carbocycles. The molecule has 2 rings (SSSR count). The van der Waals surface area contributed by atoms with Crippen LogP contribution in [0.4, 0.5) is 5.69 Å². The highest BCUT2D eigenvalue weighted by molar-refractivity contribution is 7.84. The van der Waals surface area contributed by atoms with Crippen LogP contribution >= 0.6 is 0 Å². The quantitative estimate of drug-likeness (QED) is 0.619. The number of nitrogens with zero attached hydrogens (tertiary/aromatic N) is 1. The first-order chi connectivity index (χ1) is 8.66. The van der Waals surface area contributed by atoms with Crippen LogP contribution in [0.5, 0.6) is 0 Å². The SMILES string of the molecule is O=[N+]([O-])c1ccccc1CCS(=O)CC1CNC1. The van der Waals surface area contributed by atoms with Crippen molar-refractivity contribution in [1.29, 1.82) is 0 Å². The first kappa shape index (κ1) is 13.2. The Labute approximate surface area is 108 Å². The summed E-state index contributed by atoms with van der Waals surface area (Å²) in [7, 11) is -0.883. The van der Waals surface area contributed by atoms with Gasteiger partial charge in [0, 0.05) is 47.0 Å². The van der Waals surface area contributed by atoms with E-state index in [1.165, 1.54) is 6.07 Å². The zero-order valence-corrected chi connectivity index (χ0v) is 10.8. The van der Waals surface area contributed by atoms with Gasteiger partial charge < -0.3 is 5.32 Å². The van der Waals surface area contributed by atoms with Gasteiger partial charge in [0.25, 0.3) is 5.69 Å². The maximum Gasteiger partial charge on any atom is 0.272 e. The van der Waals surface area contributed by atoms with Crippen LogP contribution in [0, 0.1) is 16.0 Å². The highest BCUT2D eigenvalue weighted by Gasteiger charge is 2.20. The maximum absolute atomic E-state index is 11.8. The average molecular weight is 268 g/mol. The van der Waals surface area contributed by atoms with E-state index < -0.39 is 10.8 Å². The van der Waals surface area contributed by atoms with E-state index in [0.717, 1.165) is 13.1 Å². The summed E-state index contributed by atoms with van der Waals surface area (Å²) in [5.74, 6) is 1.71. The van der Waals surface area contributed by atoms with E-state index in [4.69, 9.17) is 0 Å². The number of hydrogen-bond acceptors (Lipinski definition) is 4. The Morgan fingerprint density at radius 1 is 1.39 bits per heavy atom. The van der Waals surface area contributed by atoms with Gasteiger partial charge in [0.2, 0.25) is 0 Å². The number of benzene rings is 1. The molecule has 0 amide bonds. The lowest BCUT2D eigenvalue weighted by molar-refractivity contribution is -0.385. The third kappa shape index (κ3) is 3.36. The molecule has 1 heterocycles. The second-order valence-corrected chi connectivity index (χ2v) is 6.09.